The van der Waals surface area contributed by atoms with E-state index in [4.69, 9.17) is 16.3 Å². The van der Waals surface area contributed by atoms with E-state index in [1.165, 1.54) is 24.5 Å². The van der Waals surface area contributed by atoms with E-state index < -0.39 is 23.4 Å². The molecule has 5 nitrogen and oxygen atoms in total. The van der Waals surface area contributed by atoms with Gasteiger partial charge in [-0.25, -0.2) is 13.7 Å². The monoisotopic (exact) mass is 446 g/mol. The summed E-state index contributed by atoms with van der Waals surface area (Å²) in [6.07, 6.45) is 0. The second kappa shape index (κ2) is 7.89. The molecule has 0 fully saturated rings. The predicted molar refractivity (Wildman–Crippen MR) is 112 cm³/mol. The standard InChI is InChI=1S/C21H13ClF2N2O3S/c1-29-16-7-4-11(9-13(16)22)25-19-18(17-3-2-8-30-17)20(27)26(21(19)28)12-5-6-14(23)15(24)10-12/h2-10,25H,1H3. The third-order valence-corrected chi connectivity index (χ3v) is 5.62. The van der Waals surface area contributed by atoms with Crippen molar-refractivity contribution in [3.8, 4) is 5.75 Å². The van der Waals surface area contributed by atoms with Gasteiger partial charge < -0.3 is 10.1 Å². The molecular weight excluding hydrogens is 434 g/mol. The number of anilines is 2. The van der Waals surface area contributed by atoms with E-state index in [2.05, 4.69) is 5.32 Å². The Morgan fingerprint density at radius 2 is 1.83 bits per heavy atom. The molecule has 3 aromatic rings. The number of hydrogen-bond donors (Lipinski definition) is 1. The van der Waals surface area contributed by atoms with Crippen LogP contribution in [0.15, 0.2) is 59.6 Å². The van der Waals surface area contributed by atoms with Crippen LogP contribution in [-0.4, -0.2) is 18.9 Å². The Morgan fingerprint density at radius 3 is 2.47 bits per heavy atom. The maximum Gasteiger partial charge on any atom is 0.282 e. The average Bonchev–Trinajstić information content (AvgIpc) is 3.32. The van der Waals surface area contributed by atoms with Gasteiger partial charge in [-0.15, -0.1) is 11.3 Å². The fraction of sp³-hybridized carbons (Fsp3) is 0.0476. The number of ether oxygens (including phenoxy) is 1. The second-order valence-electron chi connectivity index (χ2n) is 6.25. The van der Waals surface area contributed by atoms with Crippen molar-refractivity contribution in [3.05, 3.63) is 81.1 Å². The van der Waals surface area contributed by atoms with E-state index in [1.807, 2.05) is 0 Å². The molecule has 0 spiro atoms. The molecule has 0 saturated heterocycles. The molecule has 1 N–H and O–H groups in total. The van der Waals surface area contributed by atoms with Gasteiger partial charge in [-0.2, -0.15) is 0 Å². The van der Waals surface area contributed by atoms with Gasteiger partial charge in [0.1, 0.15) is 11.4 Å². The lowest BCUT2D eigenvalue weighted by Crippen LogP contribution is -2.32. The molecule has 0 saturated carbocycles. The van der Waals surface area contributed by atoms with Crippen molar-refractivity contribution in [2.24, 2.45) is 0 Å². The molecule has 2 aromatic carbocycles. The molecule has 2 amide bonds. The molecule has 0 aliphatic carbocycles. The third-order valence-electron chi connectivity index (χ3n) is 4.43. The predicted octanol–water partition coefficient (Wildman–Crippen LogP) is 5.08. The summed E-state index contributed by atoms with van der Waals surface area (Å²) >= 11 is 7.43. The number of thiophene rings is 1. The number of halogens is 3. The van der Waals surface area contributed by atoms with E-state index >= 15 is 0 Å². The highest BCUT2D eigenvalue weighted by Crippen LogP contribution is 2.36. The van der Waals surface area contributed by atoms with Crippen LogP contribution in [0.4, 0.5) is 20.2 Å². The summed E-state index contributed by atoms with van der Waals surface area (Å²) in [5.74, 6) is -3.12. The van der Waals surface area contributed by atoms with E-state index in [0.29, 0.717) is 21.3 Å². The van der Waals surface area contributed by atoms with E-state index in [9.17, 15) is 18.4 Å². The minimum Gasteiger partial charge on any atom is -0.495 e. The van der Waals surface area contributed by atoms with E-state index in [1.54, 1.807) is 35.7 Å². The normalized spacial score (nSPS) is 13.9. The number of nitrogens with one attached hydrogen (secondary N) is 1. The van der Waals surface area contributed by atoms with Gasteiger partial charge in [0.25, 0.3) is 11.8 Å². The zero-order valence-corrected chi connectivity index (χ0v) is 17.0. The van der Waals surface area contributed by atoms with E-state index in [-0.39, 0.29) is 17.0 Å². The summed E-state index contributed by atoms with van der Waals surface area (Å²) in [5.41, 5.74) is 0.528. The van der Waals surface area contributed by atoms with Crippen LogP contribution in [0.25, 0.3) is 5.57 Å². The first-order chi connectivity index (χ1) is 14.4. The number of imide groups is 1. The van der Waals surface area contributed by atoms with Crippen molar-refractivity contribution < 1.29 is 23.1 Å². The number of methoxy groups -OCH3 is 1. The van der Waals surface area contributed by atoms with Crippen LogP contribution in [0.2, 0.25) is 5.02 Å². The topological polar surface area (TPSA) is 58.6 Å². The third kappa shape index (κ3) is 3.44. The fourth-order valence-electron chi connectivity index (χ4n) is 3.04. The van der Waals surface area contributed by atoms with Crippen LogP contribution in [0, 0.1) is 11.6 Å². The summed E-state index contributed by atoms with van der Waals surface area (Å²) in [5, 5.41) is 5.02. The van der Waals surface area contributed by atoms with Gasteiger partial charge in [-0.05, 0) is 41.8 Å². The Labute approximate surface area is 179 Å². The molecule has 2 heterocycles. The van der Waals surface area contributed by atoms with Crippen LogP contribution in [0.1, 0.15) is 4.88 Å². The largest absolute Gasteiger partial charge is 0.495 e. The summed E-state index contributed by atoms with van der Waals surface area (Å²) in [4.78, 5) is 27.6. The van der Waals surface area contributed by atoms with Crippen LogP contribution in [0.5, 0.6) is 5.75 Å². The highest BCUT2D eigenvalue weighted by molar-refractivity contribution is 7.11. The molecule has 0 bridgehead atoms. The minimum absolute atomic E-state index is 0.00779. The van der Waals surface area contributed by atoms with Crippen molar-refractivity contribution in [2.45, 2.75) is 0 Å². The Morgan fingerprint density at radius 1 is 1.03 bits per heavy atom. The van der Waals surface area contributed by atoms with Crippen molar-refractivity contribution in [1.82, 2.24) is 0 Å². The maximum atomic E-state index is 13.7. The van der Waals surface area contributed by atoms with Gasteiger partial charge in [0.15, 0.2) is 11.6 Å². The molecule has 152 valence electrons. The molecule has 4 rings (SSSR count). The van der Waals surface area contributed by atoms with Crippen LogP contribution < -0.4 is 15.0 Å². The first-order valence-corrected chi connectivity index (χ1v) is 9.89. The first-order valence-electron chi connectivity index (χ1n) is 8.63. The Bertz CT molecular complexity index is 1190. The molecule has 9 heteroatoms. The van der Waals surface area contributed by atoms with Crippen molar-refractivity contribution in [3.63, 3.8) is 0 Å². The second-order valence-corrected chi connectivity index (χ2v) is 7.60. The molecule has 1 aliphatic rings. The van der Waals surface area contributed by atoms with Crippen molar-refractivity contribution in [2.75, 3.05) is 17.3 Å². The summed E-state index contributed by atoms with van der Waals surface area (Å²) < 4.78 is 32.2. The molecule has 1 aromatic heterocycles. The van der Waals surface area contributed by atoms with Gasteiger partial charge in [-0.1, -0.05) is 17.7 Å². The number of nitrogens with zero attached hydrogens (tertiary/aromatic N) is 1. The Kier molecular flexibility index (Phi) is 5.27. The molecule has 0 unspecified atom stereocenters. The highest BCUT2D eigenvalue weighted by Gasteiger charge is 2.41. The zero-order valence-electron chi connectivity index (χ0n) is 15.4. The molecule has 0 radical (unpaired) electrons. The Balaban J connectivity index is 1.78. The Hall–Kier alpha value is -3.23. The summed E-state index contributed by atoms with van der Waals surface area (Å²) in [6, 6.07) is 11.1. The fourth-order valence-corrected chi connectivity index (χ4v) is 4.07. The zero-order chi connectivity index (χ0) is 21.4. The number of benzene rings is 2. The van der Waals surface area contributed by atoms with Crippen LogP contribution >= 0.6 is 22.9 Å². The van der Waals surface area contributed by atoms with Gasteiger partial charge in [0.05, 0.1) is 23.4 Å². The smallest absolute Gasteiger partial charge is 0.282 e. The van der Waals surface area contributed by atoms with E-state index in [0.717, 1.165) is 17.0 Å². The highest BCUT2D eigenvalue weighted by atomic mass is 35.5. The summed E-state index contributed by atoms with van der Waals surface area (Å²) in [6.45, 7) is 0. The average molecular weight is 447 g/mol. The lowest BCUT2D eigenvalue weighted by atomic mass is 10.2. The lowest BCUT2D eigenvalue weighted by molar-refractivity contribution is -0.120. The van der Waals surface area contributed by atoms with Gasteiger partial charge in [-0.3, -0.25) is 9.59 Å². The van der Waals surface area contributed by atoms with Gasteiger partial charge in [0.2, 0.25) is 0 Å². The van der Waals surface area contributed by atoms with Gasteiger partial charge >= 0.3 is 0 Å². The SMILES string of the molecule is COc1ccc(NC2=C(c3cccs3)C(=O)N(c3ccc(F)c(F)c3)C2=O)cc1Cl. The minimum atomic E-state index is -1.16. The molecule has 30 heavy (non-hydrogen) atoms. The first kappa shape index (κ1) is 20.1. The quantitative estimate of drug-likeness (QED) is 0.555. The number of hydrogen-bond acceptors (Lipinski definition) is 5. The van der Waals surface area contributed by atoms with Crippen LogP contribution in [0.3, 0.4) is 0 Å². The number of rotatable bonds is 5. The molecular formula is C21H13ClF2N2O3S. The lowest BCUT2D eigenvalue weighted by Gasteiger charge is -2.15. The molecule has 1 aliphatic heterocycles. The van der Waals surface area contributed by atoms with Gasteiger partial charge in [0, 0.05) is 16.6 Å². The number of amides is 2. The number of carbonyl (C=O) groups excluding carboxylic acids is 2. The molecule has 0 atom stereocenters. The number of carbonyl (C=O) groups is 2. The van der Waals surface area contributed by atoms with Crippen LogP contribution in [-0.2, 0) is 9.59 Å². The maximum absolute atomic E-state index is 13.7. The van der Waals surface area contributed by atoms with Crippen molar-refractivity contribution in [1.29, 1.82) is 0 Å². The summed E-state index contributed by atoms with van der Waals surface area (Å²) in [7, 11) is 1.48. The van der Waals surface area contributed by atoms with Crippen molar-refractivity contribution >= 4 is 51.7 Å².